The zero-order chi connectivity index (χ0) is 14.5. The number of aromatic carboxylic acids is 1. The first-order valence-corrected chi connectivity index (χ1v) is 7.34. The molecule has 1 heterocycles. The third-order valence-electron chi connectivity index (χ3n) is 2.51. The molecule has 3 N–H and O–H groups in total. The SMILES string of the molecule is O=C(NCc1sccc1Br)Nc1ccccc1C(=O)O. The van der Waals surface area contributed by atoms with Gasteiger partial charge in [0.2, 0.25) is 0 Å². The fourth-order valence-electron chi connectivity index (χ4n) is 1.56. The number of hydrogen-bond donors (Lipinski definition) is 3. The molecule has 2 rings (SSSR count). The Hall–Kier alpha value is -1.86. The molecule has 0 unspecified atom stereocenters. The molecule has 0 saturated carbocycles. The van der Waals surface area contributed by atoms with Crippen molar-refractivity contribution in [2.45, 2.75) is 6.54 Å². The maximum absolute atomic E-state index is 11.8. The van der Waals surface area contributed by atoms with Gasteiger partial charge in [0.25, 0.3) is 0 Å². The van der Waals surface area contributed by atoms with Crippen LogP contribution in [0.15, 0.2) is 40.2 Å². The molecule has 2 aromatic rings. The molecule has 0 bridgehead atoms. The lowest BCUT2D eigenvalue weighted by molar-refractivity contribution is 0.0698. The summed E-state index contributed by atoms with van der Waals surface area (Å²) in [6, 6.07) is 7.71. The lowest BCUT2D eigenvalue weighted by Gasteiger charge is -2.09. The van der Waals surface area contributed by atoms with Crippen LogP contribution in [-0.2, 0) is 6.54 Å². The van der Waals surface area contributed by atoms with Crippen LogP contribution in [0.1, 0.15) is 15.2 Å². The summed E-state index contributed by atoms with van der Waals surface area (Å²) in [5, 5.41) is 16.1. The van der Waals surface area contributed by atoms with Gasteiger partial charge in [-0.2, -0.15) is 0 Å². The fourth-order valence-corrected chi connectivity index (χ4v) is 2.99. The molecule has 0 aliphatic rings. The summed E-state index contributed by atoms with van der Waals surface area (Å²) in [7, 11) is 0. The van der Waals surface area contributed by atoms with E-state index in [0.29, 0.717) is 6.54 Å². The predicted octanol–water partition coefficient (Wildman–Crippen LogP) is 3.53. The monoisotopic (exact) mass is 354 g/mol. The molecule has 0 spiro atoms. The number of carbonyl (C=O) groups is 2. The standard InChI is InChI=1S/C13H11BrN2O3S/c14-9-5-6-20-11(9)7-15-13(19)16-10-4-2-1-3-8(10)12(17)18/h1-6H,7H2,(H,17,18)(H2,15,16,19). The summed E-state index contributed by atoms with van der Waals surface area (Å²) >= 11 is 4.90. The van der Waals surface area contributed by atoms with E-state index in [1.807, 2.05) is 11.4 Å². The quantitative estimate of drug-likeness (QED) is 0.785. The van der Waals surface area contributed by atoms with Crippen LogP contribution >= 0.6 is 27.3 Å². The molecule has 2 amide bonds. The highest BCUT2D eigenvalue weighted by Crippen LogP contribution is 2.22. The van der Waals surface area contributed by atoms with Crippen LogP contribution in [-0.4, -0.2) is 17.1 Å². The van der Waals surface area contributed by atoms with Crippen molar-refractivity contribution in [3.63, 3.8) is 0 Å². The van der Waals surface area contributed by atoms with Gasteiger partial charge in [-0.25, -0.2) is 9.59 Å². The Morgan fingerprint density at radius 2 is 2.00 bits per heavy atom. The van der Waals surface area contributed by atoms with Crippen molar-refractivity contribution < 1.29 is 14.7 Å². The second-order valence-electron chi connectivity index (χ2n) is 3.85. The van der Waals surface area contributed by atoms with Crippen molar-refractivity contribution in [2.24, 2.45) is 0 Å². The zero-order valence-electron chi connectivity index (χ0n) is 10.2. The number of carboxylic acids is 1. The minimum Gasteiger partial charge on any atom is -0.478 e. The normalized spacial score (nSPS) is 10.1. The smallest absolute Gasteiger partial charge is 0.337 e. The Morgan fingerprint density at radius 1 is 1.25 bits per heavy atom. The molecule has 1 aromatic heterocycles. The number of hydrogen-bond acceptors (Lipinski definition) is 3. The van der Waals surface area contributed by atoms with E-state index in [1.165, 1.54) is 17.4 Å². The van der Waals surface area contributed by atoms with Crippen molar-refractivity contribution in [3.05, 3.63) is 50.6 Å². The molecule has 0 radical (unpaired) electrons. The third kappa shape index (κ3) is 3.58. The number of rotatable bonds is 4. The van der Waals surface area contributed by atoms with E-state index in [2.05, 4.69) is 26.6 Å². The average Bonchev–Trinajstić information content (AvgIpc) is 2.82. The van der Waals surface area contributed by atoms with Gasteiger partial charge in [0, 0.05) is 9.35 Å². The summed E-state index contributed by atoms with van der Waals surface area (Å²) in [6.45, 7) is 0.374. The molecule has 0 atom stereocenters. The third-order valence-corrected chi connectivity index (χ3v) is 4.43. The summed E-state index contributed by atoms with van der Waals surface area (Å²) in [5.74, 6) is -1.08. The number of carbonyl (C=O) groups excluding carboxylic acids is 1. The van der Waals surface area contributed by atoms with Crippen LogP contribution in [0.3, 0.4) is 0 Å². The first-order chi connectivity index (χ1) is 9.58. The minimum atomic E-state index is -1.08. The predicted molar refractivity (Wildman–Crippen MR) is 81.3 cm³/mol. The highest BCUT2D eigenvalue weighted by Gasteiger charge is 2.11. The number of para-hydroxylation sites is 1. The zero-order valence-corrected chi connectivity index (χ0v) is 12.6. The van der Waals surface area contributed by atoms with E-state index in [9.17, 15) is 9.59 Å². The molecule has 104 valence electrons. The molecule has 0 saturated heterocycles. The lowest BCUT2D eigenvalue weighted by atomic mass is 10.2. The molecule has 20 heavy (non-hydrogen) atoms. The van der Waals surface area contributed by atoms with Crippen LogP contribution in [0.4, 0.5) is 10.5 Å². The number of urea groups is 1. The van der Waals surface area contributed by atoms with Gasteiger partial charge in [-0.05, 0) is 39.5 Å². The van der Waals surface area contributed by atoms with Gasteiger partial charge in [0.15, 0.2) is 0 Å². The van der Waals surface area contributed by atoms with Crippen LogP contribution in [0, 0.1) is 0 Å². The first-order valence-electron chi connectivity index (χ1n) is 5.67. The summed E-state index contributed by atoms with van der Waals surface area (Å²) < 4.78 is 0.939. The first kappa shape index (κ1) is 14.5. The molecule has 0 fully saturated rings. The number of benzene rings is 1. The maximum Gasteiger partial charge on any atom is 0.337 e. The Morgan fingerprint density at radius 3 is 2.65 bits per heavy atom. The second-order valence-corrected chi connectivity index (χ2v) is 5.71. The Bertz CT molecular complexity index is 642. The topological polar surface area (TPSA) is 78.4 Å². The molecule has 0 aliphatic heterocycles. The number of thiophene rings is 1. The van der Waals surface area contributed by atoms with E-state index in [1.54, 1.807) is 18.2 Å². The van der Waals surface area contributed by atoms with Gasteiger partial charge < -0.3 is 15.7 Å². The Balaban J connectivity index is 1.98. The number of halogens is 1. The second kappa shape index (κ2) is 6.53. The highest BCUT2D eigenvalue weighted by atomic mass is 79.9. The van der Waals surface area contributed by atoms with E-state index in [-0.39, 0.29) is 11.3 Å². The average molecular weight is 355 g/mol. The van der Waals surface area contributed by atoms with Crippen molar-refractivity contribution in [1.29, 1.82) is 0 Å². The fraction of sp³-hybridized carbons (Fsp3) is 0.0769. The molecule has 5 nitrogen and oxygen atoms in total. The molecule has 1 aromatic carbocycles. The van der Waals surface area contributed by atoms with Gasteiger partial charge in [-0.3, -0.25) is 0 Å². The number of carboxylic acid groups (broad SMARTS) is 1. The summed E-state index contributed by atoms with van der Waals surface area (Å²) in [5.41, 5.74) is 0.322. The van der Waals surface area contributed by atoms with Gasteiger partial charge >= 0.3 is 12.0 Å². The number of anilines is 1. The van der Waals surface area contributed by atoms with Gasteiger partial charge in [0.05, 0.1) is 17.8 Å². The van der Waals surface area contributed by atoms with Gasteiger partial charge in [-0.1, -0.05) is 12.1 Å². The van der Waals surface area contributed by atoms with E-state index < -0.39 is 12.0 Å². The van der Waals surface area contributed by atoms with Crippen LogP contribution in [0.5, 0.6) is 0 Å². The number of nitrogens with one attached hydrogen (secondary N) is 2. The van der Waals surface area contributed by atoms with Gasteiger partial charge in [0.1, 0.15) is 0 Å². The molecular formula is C13H11BrN2O3S. The van der Waals surface area contributed by atoms with Crippen molar-refractivity contribution in [1.82, 2.24) is 5.32 Å². The largest absolute Gasteiger partial charge is 0.478 e. The van der Waals surface area contributed by atoms with Gasteiger partial charge in [-0.15, -0.1) is 11.3 Å². The number of amides is 2. The van der Waals surface area contributed by atoms with E-state index in [0.717, 1.165) is 9.35 Å². The Labute approximate surface area is 127 Å². The molecular weight excluding hydrogens is 344 g/mol. The van der Waals surface area contributed by atoms with Crippen molar-refractivity contribution in [3.8, 4) is 0 Å². The van der Waals surface area contributed by atoms with Crippen LogP contribution < -0.4 is 10.6 Å². The maximum atomic E-state index is 11.8. The van der Waals surface area contributed by atoms with E-state index >= 15 is 0 Å². The highest BCUT2D eigenvalue weighted by molar-refractivity contribution is 9.10. The molecule has 0 aliphatic carbocycles. The van der Waals surface area contributed by atoms with Crippen molar-refractivity contribution in [2.75, 3.05) is 5.32 Å². The van der Waals surface area contributed by atoms with Crippen LogP contribution in [0.2, 0.25) is 0 Å². The van der Waals surface area contributed by atoms with E-state index in [4.69, 9.17) is 5.11 Å². The molecule has 7 heteroatoms. The summed E-state index contributed by atoms with van der Waals surface area (Å²) in [6.07, 6.45) is 0. The van der Waals surface area contributed by atoms with Crippen molar-refractivity contribution >= 4 is 45.0 Å². The van der Waals surface area contributed by atoms with Crippen LogP contribution in [0.25, 0.3) is 0 Å². The summed E-state index contributed by atoms with van der Waals surface area (Å²) in [4.78, 5) is 23.8. The Kier molecular flexibility index (Phi) is 4.75. The lowest BCUT2D eigenvalue weighted by Crippen LogP contribution is -2.28. The minimum absolute atomic E-state index is 0.0555.